The third-order valence-electron chi connectivity index (χ3n) is 3.31. The highest BCUT2D eigenvalue weighted by molar-refractivity contribution is 14.0. The van der Waals surface area contributed by atoms with E-state index >= 15 is 0 Å². The number of alkyl halides is 3. The predicted octanol–water partition coefficient (Wildman–Crippen LogP) is 2.87. The maximum Gasteiger partial charge on any atom is 0.411 e. The molecule has 1 rings (SSSR count). The summed E-state index contributed by atoms with van der Waals surface area (Å²) in [5.74, 6) is 0.681. The van der Waals surface area contributed by atoms with Crippen LogP contribution in [0.5, 0.6) is 0 Å². The van der Waals surface area contributed by atoms with Crippen molar-refractivity contribution in [2.45, 2.75) is 32.7 Å². The fraction of sp³-hybridized carbons (Fsp3) is 0.588. The summed E-state index contributed by atoms with van der Waals surface area (Å²) in [6.07, 6.45) is -2.65. The zero-order chi connectivity index (χ0) is 20.3. The number of rotatable bonds is 10. The molecule has 1 aromatic rings. The van der Waals surface area contributed by atoms with E-state index in [1.54, 1.807) is 24.3 Å². The van der Waals surface area contributed by atoms with Crippen LogP contribution in [-0.4, -0.2) is 52.3 Å². The second-order valence-electron chi connectivity index (χ2n) is 6.03. The Balaban J connectivity index is 0.00000729. The molecule has 0 saturated heterocycles. The lowest BCUT2D eigenvalue weighted by Crippen LogP contribution is -2.38. The Kier molecular flexibility index (Phi) is 12.7. The molecule has 0 radical (unpaired) electrons. The number of hydrogen-bond acceptors (Lipinski definition) is 4. The minimum Gasteiger partial charge on any atom is -0.367 e. The molecule has 0 fully saturated rings. The van der Waals surface area contributed by atoms with E-state index in [1.165, 1.54) is 6.26 Å². The van der Waals surface area contributed by atoms with Gasteiger partial charge in [0, 0.05) is 19.3 Å². The Morgan fingerprint density at radius 3 is 2.29 bits per heavy atom. The minimum atomic E-state index is -4.33. The zero-order valence-corrected chi connectivity index (χ0v) is 19.0. The fourth-order valence-electron chi connectivity index (χ4n) is 2.08. The summed E-state index contributed by atoms with van der Waals surface area (Å²) in [6.45, 7) is 2.07. The molecule has 0 unspecified atom stereocenters. The van der Waals surface area contributed by atoms with Gasteiger partial charge in [-0.3, -0.25) is 0 Å². The van der Waals surface area contributed by atoms with Gasteiger partial charge in [0.05, 0.1) is 18.9 Å². The smallest absolute Gasteiger partial charge is 0.367 e. The summed E-state index contributed by atoms with van der Waals surface area (Å²) >= 11 is 0. The van der Waals surface area contributed by atoms with Gasteiger partial charge in [0.1, 0.15) is 16.4 Å². The highest BCUT2D eigenvalue weighted by atomic mass is 127. The molecule has 28 heavy (non-hydrogen) atoms. The second-order valence-corrected chi connectivity index (χ2v) is 8.29. The summed E-state index contributed by atoms with van der Waals surface area (Å²) in [6, 6.07) is 6.97. The first-order valence-electron chi connectivity index (χ1n) is 8.51. The molecule has 0 aliphatic heterocycles. The van der Waals surface area contributed by atoms with Gasteiger partial charge in [-0.2, -0.15) is 13.2 Å². The molecule has 0 heterocycles. The Hall–Kier alpha value is -1.08. The SMILES string of the molecule is CCNC(=NCc1ccc(COCC(F)(F)F)cc1)NCCCS(C)(=O)=O.I. The van der Waals surface area contributed by atoms with E-state index in [4.69, 9.17) is 0 Å². The number of aliphatic imine (C=N–C) groups is 1. The lowest BCUT2D eigenvalue weighted by atomic mass is 10.1. The topological polar surface area (TPSA) is 79.8 Å². The number of ether oxygens (including phenoxy) is 1. The van der Waals surface area contributed by atoms with E-state index < -0.39 is 22.6 Å². The van der Waals surface area contributed by atoms with Crippen LogP contribution in [0.1, 0.15) is 24.5 Å². The average Bonchev–Trinajstić information content (AvgIpc) is 2.55. The first-order valence-corrected chi connectivity index (χ1v) is 10.6. The van der Waals surface area contributed by atoms with E-state index in [0.717, 1.165) is 5.56 Å². The van der Waals surface area contributed by atoms with Crippen LogP contribution >= 0.6 is 24.0 Å². The number of nitrogens with zero attached hydrogens (tertiary/aromatic N) is 1. The van der Waals surface area contributed by atoms with Crippen molar-refractivity contribution in [2.24, 2.45) is 4.99 Å². The largest absolute Gasteiger partial charge is 0.411 e. The molecule has 0 aromatic heterocycles. The summed E-state index contributed by atoms with van der Waals surface area (Å²) in [5.41, 5.74) is 1.54. The lowest BCUT2D eigenvalue weighted by Gasteiger charge is -2.11. The van der Waals surface area contributed by atoms with Gasteiger partial charge >= 0.3 is 6.18 Å². The van der Waals surface area contributed by atoms with Crippen molar-refractivity contribution < 1.29 is 26.3 Å². The van der Waals surface area contributed by atoms with Crippen LogP contribution < -0.4 is 10.6 Å². The van der Waals surface area contributed by atoms with Crippen LogP contribution in [0.2, 0.25) is 0 Å². The molecule has 0 amide bonds. The van der Waals surface area contributed by atoms with Gasteiger partial charge in [0.15, 0.2) is 5.96 Å². The number of hydrogen-bond donors (Lipinski definition) is 2. The van der Waals surface area contributed by atoms with Gasteiger partial charge in [-0.1, -0.05) is 24.3 Å². The van der Waals surface area contributed by atoms with E-state index in [2.05, 4.69) is 20.4 Å². The number of sulfone groups is 1. The van der Waals surface area contributed by atoms with Crippen LogP contribution in [0, 0.1) is 0 Å². The lowest BCUT2D eigenvalue weighted by molar-refractivity contribution is -0.176. The Bertz CT molecular complexity index is 696. The first-order chi connectivity index (χ1) is 12.6. The molecule has 6 nitrogen and oxygen atoms in total. The third kappa shape index (κ3) is 14.0. The normalized spacial score (nSPS) is 12.4. The van der Waals surface area contributed by atoms with Crippen molar-refractivity contribution in [3.63, 3.8) is 0 Å². The molecule has 0 spiro atoms. The van der Waals surface area contributed by atoms with E-state index in [9.17, 15) is 21.6 Å². The van der Waals surface area contributed by atoms with Gasteiger partial charge in [0.2, 0.25) is 0 Å². The zero-order valence-electron chi connectivity index (χ0n) is 15.9. The highest BCUT2D eigenvalue weighted by Gasteiger charge is 2.27. The monoisotopic (exact) mass is 537 g/mol. The van der Waals surface area contributed by atoms with Crippen LogP contribution in [0.3, 0.4) is 0 Å². The minimum absolute atomic E-state index is 0. The summed E-state index contributed by atoms with van der Waals surface area (Å²) < 4.78 is 63.0. The Labute approximate surface area is 181 Å². The molecule has 162 valence electrons. The van der Waals surface area contributed by atoms with Gasteiger partial charge in [-0.05, 0) is 24.5 Å². The van der Waals surface area contributed by atoms with Crippen LogP contribution in [0.15, 0.2) is 29.3 Å². The predicted molar refractivity (Wildman–Crippen MR) is 115 cm³/mol. The molecule has 0 saturated carbocycles. The first kappa shape index (κ1) is 26.9. The molecule has 0 bridgehead atoms. The Morgan fingerprint density at radius 1 is 1.14 bits per heavy atom. The molecular formula is C17H27F3IN3O3S. The number of benzene rings is 1. The molecule has 1 aromatic carbocycles. The number of halogens is 4. The van der Waals surface area contributed by atoms with Crippen LogP contribution in [0.4, 0.5) is 13.2 Å². The van der Waals surface area contributed by atoms with Gasteiger partial charge < -0.3 is 15.4 Å². The average molecular weight is 537 g/mol. The van der Waals surface area contributed by atoms with Crippen molar-refractivity contribution >= 4 is 39.8 Å². The van der Waals surface area contributed by atoms with E-state index in [1.807, 2.05) is 6.92 Å². The van der Waals surface area contributed by atoms with Crippen molar-refractivity contribution in [2.75, 3.05) is 31.7 Å². The molecule has 11 heteroatoms. The highest BCUT2D eigenvalue weighted by Crippen LogP contribution is 2.16. The number of guanidine groups is 1. The van der Waals surface area contributed by atoms with Crippen molar-refractivity contribution in [3.8, 4) is 0 Å². The van der Waals surface area contributed by atoms with Crippen molar-refractivity contribution in [1.29, 1.82) is 0 Å². The standard InChI is InChI=1S/C17H26F3N3O3S.HI/c1-3-21-16(22-9-4-10-27(2,24)25)23-11-14-5-7-15(8-6-14)12-26-13-17(18,19)20;/h5-8H,3-4,9-13H2,1-2H3,(H2,21,22,23);1H. The molecule has 2 N–H and O–H groups in total. The van der Waals surface area contributed by atoms with E-state index in [0.29, 0.717) is 37.6 Å². The molecule has 0 aliphatic rings. The quantitative estimate of drug-likeness (QED) is 0.208. The molecule has 0 atom stereocenters. The summed E-state index contributed by atoms with van der Waals surface area (Å²) in [4.78, 5) is 4.41. The van der Waals surface area contributed by atoms with Gasteiger partial charge in [-0.25, -0.2) is 13.4 Å². The van der Waals surface area contributed by atoms with E-state index in [-0.39, 0.29) is 36.3 Å². The molecular weight excluding hydrogens is 510 g/mol. The maximum atomic E-state index is 12.0. The molecule has 0 aliphatic carbocycles. The Morgan fingerprint density at radius 2 is 1.75 bits per heavy atom. The van der Waals surface area contributed by atoms with Gasteiger partial charge in [-0.15, -0.1) is 24.0 Å². The second kappa shape index (κ2) is 13.2. The summed E-state index contributed by atoms with van der Waals surface area (Å²) in [5, 5.41) is 6.13. The van der Waals surface area contributed by atoms with Crippen molar-refractivity contribution in [3.05, 3.63) is 35.4 Å². The third-order valence-corrected chi connectivity index (χ3v) is 4.34. The van der Waals surface area contributed by atoms with Gasteiger partial charge in [0.25, 0.3) is 0 Å². The van der Waals surface area contributed by atoms with Crippen LogP contribution in [0.25, 0.3) is 0 Å². The summed E-state index contributed by atoms with van der Waals surface area (Å²) in [7, 11) is -2.98. The van der Waals surface area contributed by atoms with Crippen molar-refractivity contribution in [1.82, 2.24) is 10.6 Å². The maximum absolute atomic E-state index is 12.0. The van der Waals surface area contributed by atoms with Crippen LogP contribution in [-0.2, 0) is 27.7 Å². The fourth-order valence-corrected chi connectivity index (χ4v) is 2.75. The number of nitrogens with one attached hydrogen (secondary N) is 2.